The maximum Gasteiger partial charge on any atom is 0.339 e. The first kappa shape index (κ1) is 24.3. The molecule has 1 aromatic heterocycles. The third kappa shape index (κ3) is 8.41. The number of ether oxygens (including phenoxy) is 1. The molecule has 1 N–H and O–H groups in total. The number of fused-ring (bicyclic) bond motifs is 1. The van der Waals surface area contributed by atoms with Gasteiger partial charge < -0.3 is 14.3 Å². The van der Waals surface area contributed by atoms with Gasteiger partial charge in [-0.25, -0.2) is 4.79 Å². The number of hydrogen-bond donors (Lipinski definition) is 1. The first-order valence-electron chi connectivity index (χ1n) is 12.0. The summed E-state index contributed by atoms with van der Waals surface area (Å²) in [5.41, 5.74) is 0.909. The molecule has 0 saturated carbocycles. The molecule has 0 saturated heterocycles. The Morgan fingerprint density at radius 1 is 0.800 bits per heavy atom. The molecular formula is C26H40O4. The van der Waals surface area contributed by atoms with Gasteiger partial charge in [0.15, 0.2) is 0 Å². The topological polar surface area (TPSA) is 59.7 Å². The van der Waals surface area contributed by atoms with E-state index in [1.165, 1.54) is 83.5 Å². The first-order chi connectivity index (χ1) is 14.7. The van der Waals surface area contributed by atoms with E-state index in [-0.39, 0.29) is 5.75 Å². The highest BCUT2D eigenvalue weighted by Gasteiger charge is 2.11. The van der Waals surface area contributed by atoms with Crippen molar-refractivity contribution < 1.29 is 14.3 Å². The zero-order chi connectivity index (χ0) is 21.6. The molecule has 2 aromatic rings. The van der Waals surface area contributed by atoms with Crippen LogP contribution >= 0.6 is 0 Å². The summed E-state index contributed by atoms with van der Waals surface area (Å²) in [6, 6.07) is 4.68. The van der Waals surface area contributed by atoms with Crippen LogP contribution in [-0.2, 0) is 6.42 Å². The Kier molecular flexibility index (Phi) is 11.4. The fraction of sp³-hybridized carbons (Fsp3) is 0.654. The summed E-state index contributed by atoms with van der Waals surface area (Å²) in [5.74, 6) is 0.670. The highest BCUT2D eigenvalue weighted by atomic mass is 16.5. The molecule has 0 fully saturated rings. The Labute approximate surface area is 181 Å². The standard InChI is InChI=1S/C26H40O4/c1-3-4-5-6-7-8-9-10-11-12-13-14-15-16-17-21-18-25-22(19-24(21)29-2)23(27)20-26(28)30-25/h18-20,27H,3-17H2,1-2H3. The van der Waals surface area contributed by atoms with E-state index in [0.29, 0.717) is 11.0 Å². The summed E-state index contributed by atoms with van der Waals surface area (Å²) in [5, 5.41) is 10.5. The highest BCUT2D eigenvalue weighted by molar-refractivity contribution is 5.85. The SMILES string of the molecule is CCCCCCCCCCCCCCCCc1cc2oc(=O)cc(O)c2cc1OC. The van der Waals surface area contributed by atoms with E-state index < -0.39 is 5.63 Å². The molecule has 0 aliphatic heterocycles. The Morgan fingerprint density at radius 3 is 1.87 bits per heavy atom. The minimum Gasteiger partial charge on any atom is -0.507 e. The van der Waals surface area contributed by atoms with Gasteiger partial charge in [0.1, 0.15) is 17.1 Å². The molecular weight excluding hydrogens is 376 g/mol. The molecule has 30 heavy (non-hydrogen) atoms. The fourth-order valence-corrected chi connectivity index (χ4v) is 4.11. The van der Waals surface area contributed by atoms with Gasteiger partial charge in [-0.2, -0.15) is 0 Å². The second-order valence-corrected chi connectivity index (χ2v) is 8.46. The summed E-state index contributed by atoms with van der Waals surface area (Å²) in [4.78, 5) is 11.5. The van der Waals surface area contributed by atoms with Crippen molar-refractivity contribution in [1.29, 1.82) is 0 Å². The molecule has 0 radical (unpaired) electrons. The molecule has 0 amide bonds. The Bertz CT molecular complexity index is 793. The van der Waals surface area contributed by atoms with Crippen LogP contribution in [0.3, 0.4) is 0 Å². The fourth-order valence-electron chi connectivity index (χ4n) is 4.11. The van der Waals surface area contributed by atoms with Crippen molar-refractivity contribution in [3.8, 4) is 11.5 Å². The van der Waals surface area contributed by atoms with Crippen LogP contribution in [0.2, 0.25) is 0 Å². The molecule has 0 atom stereocenters. The van der Waals surface area contributed by atoms with Crippen LogP contribution in [0.1, 0.15) is 102 Å². The maximum atomic E-state index is 11.5. The minimum atomic E-state index is -0.535. The van der Waals surface area contributed by atoms with E-state index in [4.69, 9.17) is 9.15 Å². The molecule has 0 aliphatic carbocycles. The van der Waals surface area contributed by atoms with Gasteiger partial charge in [-0.05, 0) is 30.5 Å². The minimum absolute atomic E-state index is 0.0670. The summed E-state index contributed by atoms with van der Waals surface area (Å²) in [6.45, 7) is 2.27. The van der Waals surface area contributed by atoms with Gasteiger partial charge in [-0.1, -0.05) is 90.4 Å². The molecule has 0 unspecified atom stereocenters. The van der Waals surface area contributed by atoms with Crippen LogP contribution < -0.4 is 10.4 Å². The van der Waals surface area contributed by atoms with Crippen molar-refractivity contribution >= 4 is 11.0 Å². The second kappa shape index (κ2) is 14.1. The predicted octanol–water partition coefficient (Wildman–Crippen LogP) is 7.53. The van der Waals surface area contributed by atoms with Crippen molar-refractivity contribution in [1.82, 2.24) is 0 Å². The number of hydrogen-bond acceptors (Lipinski definition) is 4. The lowest BCUT2D eigenvalue weighted by Crippen LogP contribution is -1.98. The van der Waals surface area contributed by atoms with Crippen molar-refractivity contribution in [2.75, 3.05) is 7.11 Å². The summed E-state index contributed by atoms with van der Waals surface area (Å²) in [6.07, 6.45) is 19.7. The third-order valence-electron chi connectivity index (χ3n) is 5.92. The number of aromatic hydroxyl groups is 1. The van der Waals surface area contributed by atoms with E-state index in [1.807, 2.05) is 6.07 Å². The molecule has 0 bridgehead atoms. The summed E-state index contributed by atoms with van der Waals surface area (Å²) < 4.78 is 10.7. The number of unbranched alkanes of at least 4 members (excludes halogenated alkanes) is 13. The zero-order valence-electron chi connectivity index (χ0n) is 19.0. The lowest BCUT2D eigenvalue weighted by atomic mass is 10.0. The average Bonchev–Trinajstić information content (AvgIpc) is 2.73. The predicted molar refractivity (Wildman–Crippen MR) is 125 cm³/mol. The number of methoxy groups -OCH3 is 1. The van der Waals surface area contributed by atoms with Crippen LogP contribution in [0.15, 0.2) is 27.4 Å². The first-order valence-corrected chi connectivity index (χ1v) is 12.0. The Hall–Kier alpha value is -1.97. The van der Waals surface area contributed by atoms with Crippen LogP contribution in [-0.4, -0.2) is 12.2 Å². The van der Waals surface area contributed by atoms with Gasteiger partial charge >= 0.3 is 5.63 Å². The lowest BCUT2D eigenvalue weighted by Gasteiger charge is -2.10. The molecule has 4 heteroatoms. The number of rotatable bonds is 16. The van der Waals surface area contributed by atoms with Crippen LogP contribution in [0.4, 0.5) is 0 Å². The molecule has 1 aromatic carbocycles. The molecule has 168 valence electrons. The summed E-state index contributed by atoms with van der Waals surface area (Å²) in [7, 11) is 1.63. The highest BCUT2D eigenvalue weighted by Crippen LogP contribution is 2.31. The van der Waals surface area contributed by atoms with Crippen LogP contribution in [0.25, 0.3) is 11.0 Å². The quantitative estimate of drug-likeness (QED) is 0.227. The molecule has 0 aliphatic rings. The Morgan fingerprint density at radius 2 is 1.33 bits per heavy atom. The van der Waals surface area contributed by atoms with Crippen LogP contribution in [0.5, 0.6) is 11.5 Å². The number of benzene rings is 1. The molecule has 0 spiro atoms. The average molecular weight is 417 g/mol. The van der Waals surface area contributed by atoms with Crippen molar-refractivity contribution in [2.45, 2.75) is 103 Å². The van der Waals surface area contributed by atoms with Gasteiger partial charge in [0, 0.05) is 0 Å². The lowest BCUT2D eigenvalue weighted by molar-refractivity contribution is 0.408. The number of aryl methyl sites for hydroxylation is 1. The largest absolute Gasteiger partial charge is 0.507 e. The van der Waals surface area contributed by atoms with Gasteiger partial charge in [0.2, 0.25) is 0 Å². The molecule has 4 nitrogen and oxygen atoms in total. The van der Waals surface area contributed by atoms with Gasteiger partial charge in [-0.15, -0.1) is 0 Å². The van der Waals surface area contributed by atoms with E-state index in [9.17, 15) is 9.90 Å². The smallest absolute Gasteiger partial charge is 0.339 e. The maximum absolute atomic E-state index is 11.5. The van der Waals surface area contributed by atoms with Crippen LogP contribution in [0, 0.1) is 0 Å². The van der Waals surface area contributed by atoms with Gasteiger partial charge in [-0.3, -0.25) is 0 Å². The molecule has 2 rings (SSSR count). The Balaban J connectivity index is 1.60. The van der Waals surface area contributed by atoms with Gasteiger partial charge in [0.25, 0.3) is 0 Å². The van der Waals surface area contributed by atoms with E-state index in [1.54, 1.807) is 13.2 Å². The third-order valence-corrected chi connectivity index (χ3v) is 5.92. The van der Waals surface area contributed by atoms with E-state index >= 15 is 0 Å². The van der Waals surface area contributed by atoms with E-state index in [2.05, 4.69) is 6.92 Å². The van der Waals surface area contributed by atoms with Crippen molar-refractivity contribution in [3.05, 3.63) is 34.2 Å². The normalized spacial score (nSPS) is 11.3. The van der Waals surface area contributed by atoms with E-state index in [0.717, 1.165) is 30.2 Å². The van der Waals surface area contributed by atoms with Gasteiger partial charge in [0.05, 0.1) is 18.6 Å². The van der Waals surface area contributed by atoms with Crippen molar-refractivity contribution in [3.63, 3.8) is 0 Å². The molecule has 1 heterocycles. The zero-order valence-corrected chi connectivity index (χ0v) is 19.0. The summed E-state index contributed by atoms with van der Waals surface area (Å²) >= 11 is 0. The second-order valence-electron chi connectivity index (χ2n) is 8.46. The monoisotopic (exact) mass is 416 g/mol. The van der Waals surface area contributed by atoms with Crippen molar-refractivity contribution in [2.24, 2.45) is 0 Å².